The Hall–Kier alpha value is -3.22. The summed E-state index contributed by atoms with van der Waals surface area (Å²) in [7, 11) is 0. The maximum atomic E-state index is 12.4. The van der Waals surface area contributed by atoms with Gasteiger partial charge in [0.15, 0.2) is 0 Å². The molecule has 1 aromatic heterocycles. The number of carbonyl (C=O) groups is 2. The molecule has 2 aromatic carbocycles. The normalized spacial score (nSPS) is 14.4. The average Bonchev–Trinajstić information content (AvgIpc) is 2.81. The lowest BCUT2D eigenvalue weighted by molar-refractivity contribution is -0.136. The predicted octanol–water partition coefficient (Wildman–Crippen LogP) is 3.59. The predicted molar refractivity (Wildman–Crippen MR) is 121 cm³/mol. The topological polar surface area (TPSA) is 74.3 Å². The van der Waals surface area contributed by atoms with Crippen LogP contribution in [0.2, 0.25) is 5.02 Å². The molecule has 0 spiro atoms. The number of halogens is 1. The van der Waals surface area contributed by atoms with Gasteiger partial charge in [-0.1, -0.05) is 41.9 Å². The number of fused-ring (bicyclic) bond motifs is 1. The van der Waals surface area contributed by atoms with E-state index in [0.717, 1.165) is 25.1 Å². The van der Waals surface area contributed by atoms with Crippen molar-refractivity contribution in [2.24, 2.45) is 0 Å². The molecule has 0 saturated heterocycles. The highest BCUT2D eigenvalue weighted by Crippen LogP contribution is 2.27. The third-order valence-electron chi connectivity index (χ3n) is 5.43. The summed E-state index contributed by atoms with van der Waals surface area (Å²) in [5, 5.41) is 5.94. The van der Waals surface area contributed by atoms with Crippen molar-refractivity contribution in [3.05, 3.63) is 94.8 Å². The highest BCUT2D eigenvalue weighted by molar-refractivity contribution is 6.39. The van der Waals surface area contributed by atoms with Crippen LogP contribution in [0.3, 0.4) is 0 Å². The van der Waals surface area contributed by atoms with Crippen LogP contribution in [-0.2, 0) is 22.6 Å². The van der Waals surface area contributed by atoms with Gasteiger partial charge < -0.3 is 10.6 Å². The first-order valence-electron chi connectivity index (χ1n) is 10.2. The van der Waals surface area contributed by atoms with E-state index in [1.165, 1.54) is 11.1 Å². The summed E-state index contributed by atoms with van der Waals surface area (Å²) in [6, 6.07) is 18.8. The van der Waals surface area contributed by atoms with Crippen molar-refractivity contribution < 1.29 is 9.59 Å². The van der Waals surface area contributed by atoms with Crippen LogP contribution >= 0.6 is 11.6 Å². The molecule has 1 atom stereocenters. The number of nitrogens with one attached hydrogen (secondary N) is 2. The Bertz CT molecular complexity index is 1060. The van der Waals surface area contributed by atoms with Crippen molar-refractivity contribution in [2.45, 2.75) is 19.0 Å². The first kappa shape index (κ1) is 21.0. The molecule has 1 aliphatic rings. The highest BCUT2D eigenvalue weighted by Gasteiger charge is 2.26. The molecule has 1 aliphatic heterocycles. The van der Waals surface area contributed by atoms with Gasteiger partial charge in [-0.3, -0.25) is 19.5 Å². The van der Waals surface area contributed by atoms with E-state index < -0.39 is 11.8 Å². The molecule has 0 bridgehead atoms. The Kier molecular flexibility index (Phi) is 6.60. The molecule has 2 heterocycles. The number of nitrogens with zero attached hydrogens (tertiary/aromatic N) is 2. The van der Waals surface area contributed by atoms with Gasteiger partial charge in [0, 0.05) is 42.7 Å². The summed E-state index contributed by atoms with van der Waals surface area (Å²) in [5.41, 5.74) is 4.16. The van der Waals surface area contributed by atoms with Gasteiger partial charge in [-0.15, -0.1) is 0 Å². The van der Waals surface area contributed by atoms with Gasteiger partial charge in [0.1, 0.15) is 0 Å². The third-order valence-corrected chi connectivity index (χ3v) is 5.69. The first-order chi connectivity index (χ1) is 15.1. The van der Waals surface area contributed by atoms with E-state index >= 15 is 0 Å². The van der Waals surface area contributed by atoms with Crippen LogP contribution in [0.4, 0.5) is 5.69 Å². The molecule has 2 N–H and O–H groups in total. The smallest absolute Gasteiger partial charge is 0.313 e. The summed E-state index contributed by atoms with van der Waals surface area (Å²) in [6.45, 7) is 1.95. The number of anilines is 1. The van der Waals surface area contributed by atoms with E-state index in [1.807, 2.05) is 24.4 Å². The lowest BCUT2D eigenvalue weighted by atomic mass is 9.97. The van der Waals surface area contributed by atoms with Crippen molar-refractivity contribution in [1.82, 2.24) is 15.2 Å². The Morgan fingerprint density at radius 1 is 1.00 bits per heavy atom. The van der Waals surface area contributed by atoms with Crippen molar-refractivity contribution in [1.29, 1.82) is 0 Å². The second-order valence-electron chi connectivity index (χ2n) is 7.46. The number of rotatable bonds is 5. The zero-order valence-electron chi connectivity index (χ0n) is 16.9. The minimum atomic E-state index is -0.712. The zero-order valence-corrected chi connectivity index (χ0v) is 17.7. The maximum Gasteiger partial charge on any atom is 0.313 e. The molecule has 7 heteroatoms. The molecule has 2 amide bonds. The largest absolute Gasteiger partial charge is 0.346 e. The molecule has 0 radical (unpaired) electrons. The van der Waals surface area contributed by atoms with Gasteiger partial charge in [-0.25, -0.2) is 0 Å². The molecule has 3 aromatic rings. The van der Waals surface area contributed by atoms with Crippen molar-refractivity contribution in [3.8, 4) is 0 Å². The van der Waals surface area contributed by atoms with Crippen LogP contribution in [-0.4, -0.2) is 34.8 Å². The van der Waals surface area contributed by atoms with Gasteiger partial charge in [0.2, 0.25) is 0 Å². The highest BCUT2D eigenvalue weighted by atomic mass is 35.5. The molecule has 0 unspecified atom stereocenters. The first-order valence-corrected chi connectivity index (χ1v) is 10.5. The van der Waals surface area contributed by atoms with Crippen LogP contribution < -0.4 is 10.6 Å². The number of benzene rings is 2. The van der Waals surface area contributed by atoms with Gasteiger partial charge in [-0.05, 0) is 53.4 Å². The monoisotopic (exact) mass is 434 g/mol. The molecular weight excluding hydrogens is 412 g/mol. The fourth-order valence-electron chi connectivity index (χ4n) is 3.81. The Morgan fingerprint density at radius 3 is 2.52 bits per heavy atom. The molecule has 31 heavy (non-hydrogen) atoms. The third kappa shape index (κ3) is 5.29. The molecule has 0 saturated carbocycles. The average molecular weight is 435 g/mol. The van der Waals surface area contributed by atoms with Gasteiger partial charge >= 0.3 is 11.8 Å². The number of carbonyl (C=O) groups excluding carboxylic acids is 2. The number of hydrogen-bond acceptors (Lipinski definition) is 4. The quantitative estimate of drug-likeness (QED) is 0.602. The molecule has 0 fully saturated rings. The molecular formula is C24H23ClN4O2. The molecule has 6 nitrogen and oxygen atoms in total. The van der Waals surface area contributed by atoms with Gasteiger partial charge in [-0.2, -0.15) is 0 Å². The van der Waals surface area contributed by atoms with E-state index in [2.05, 4.69) is 38.7 Å². The summed E-state index contributed by atoms with van der Waals surface area (Å²) in [4.78, 5) is 31.3. The number of amides is 2. The van der Waals surface area contributed by atoms with Crippen LogP contribution in [0.1, 0.15) is 22.7 Å². The Labute approximate surface area is 186 Å². The minimum Gasteiger partial charge on any atom is -0.346 e. The summed E-state index contributed by atoms with van der Waals surface area (Å²) in [5.74, 6) is -1.39. The second-order valence-corrected chi connectivity index (χ2v) is 7.90. The standard InChI is InChI=1S/C24H23ClN4O2/c25-20-7-9-21(10-8-20)28-24(31)23(30)27-15-22(18-6-3-12-26-14-18)29-13-11-17-4-1-2-5-19(17)16-29/h1-10,12,14,22H,11,13,15-16H2,(H,27,30)(H,28,31)/t22-/m0/s1. The Balaban J connectivity index is 1.44. The van der Waals surface area contributed by atoms with Crippen LogP contribution in [0.5, 0.6) is 0 Å². The van der Waals surface area contributed by atoms with E-state index in [9.17, 15) is 9.59 Å². The van der Waals surface area contributed by atoms with E-state index in [4.69, 9.17) is 11.6 Å². The lowest BCUT2D eigenvalue weighted by Crippen LogP contribution is -2.43. The van der Waals surface area contributed by atoms with Crippen molar-refractivity contribution >= 4 is 29.1 Å². The number of hydrogen-bond donors (Lipinski definition) is 2. The number of pyridine rings is 1. The second kappa shape index (κ2) is 9.73. The maximum absolute atomic E-state index is 12.4. The van der Waals surface area contributed by atoms with E-state index in [-0.39, 0.29) is 6.04 Å². The molecule has 0 aliphatic carbocycles. The summed E-state index contributed by atoms with van der Waals surface area (Å²) >= 11 is 5.86. The van der Waals surface area contributed by atoms with Gasteiger partial charge in [0.25, 0.3) is 0 Å². The fourth-order valence-corrected chi connectivity index (χ4v) is 3.93. The van der Waals surface area contributed by atoms with E-state index in [0.29, 0.717) is 17.3 Å². The molecule has 4 rings (SSSR count). The summed E-state index contributed by atoms with van der Waals surface area (Å²) in [6.07, 6.45) is 4.48. The van der Waals surface area contributed by atoms with Crippen LogP contribution in [0.15, 0.2) is 73.1 Å². The zero-order chi connectivity index (χ0) is 21.6. The van der Waals surface area contributed by atoms with Crippen LogP contribution in [0, 0.1) is 0 Å². The summed E-state index contributed by atoms with van der Waals surface area (Å²) < 4.78 is 0. The molecule has 158 valence electrons. The van der Waals surface area contributed by atoms with Crippen molar-refractivity contribution in [2.75, 3.05) is 18.4 Å². The fraction of sp³-hybridized carbons (Fsp3) is 0.208. The van der Waals surface area contributed by atoms with Crippen LogP contribution in [0.25, 0.3) is 0 Å². The lowest BCUT2D eigenvalue weighted by Gasteiger charge is -2.35. The van der Waals surface area contributed by atoms with Crippen molar-refractivity contribution in [3.63, 3.8) is 0 Å². The minimum absolute atomic E-state index is 0.0886. The van der Waals surface area contributed by atoms with Gasteiger partial charge in [0.05, 0.1) is 6.04 Å². The number of aromatic nitrogens is 1. The van der Waals surface area contributed by atoms with E-state index in [1.54, 1.807) is 30.5 Å². The Morgan fingerprint density at radius 2 is 1.77 bits per heavy atom. The SMILES string of the molecule is O=C(NC[C@@H](c1cccnc1)N1CCc2ccccc2C1)C(=O)Nc1ccc(Cl)cc1.